The molecule has 1 aromatic rings. The lowest BCUT2D eigenvalue weighted by molar-refractivity contribution is 0.223. The second-order valence-corrected chi connectivity index (χ2v) is 8.53. The normalized spacial score (nSPS) is 18.6. The van der Waals surface area contributed by atoms with E-state index in [0.29, 0.717) is 22.5 Å². The third kappa shape index (κ3) is 4.49. The van der Waals surface area contributed by atoms with E-state index in [2.05, 4.69) is 4.72 Å². The van der Waals surface area contributed by atoms with Crippen molar-refractivity contribution in [1.29, 1.82) is 0 Å². The van der Waals surface area contributed by atoms with E-state index in [1.165, 1.54) is 24.6 Å². The van der Waals surface area contributed by atoms with E-state index in [1.807, 2.05) is 0 Å². The Morgan fingerprint density at radius 3 is 2.14 bits per heavy atom. The number of nitrogens with one attached hydrogen (secondary N) is 1. The highest BCUT2D eigenvalue weighted by atomic mass is 35.5. The molecule has 0 unspecified atom stereocenters. The van der Waals surface area contributed by atoms with Gasteiger partial charge in [-0.3, -0.25) is 0 Å². The molecule has 0 aliphatic heterocycles. The predicted octanol–water partition coefficient (Wildman–Crippen LogP) is 4.46. The average Bonchev–Trinajstić information content (AvgIpc) is 2.45. The van der Waals surface area contributed by atoms with Gasteiger partial charge in [-0.1, -0.05) is 42.5 Å². The summed E-state index contributed by atoms with van der Waals surface area (Å²) in [6.45, 7) is 0.350. The van der Waals surface area contributed by atoms with Crippen molar-refractivity contribution in [3.63, 3.8) is 0 Å². The zero-order valence-electron chi connectivity index (χ0n) is 11.5. The molecule has 1 aromatic carbocycles. The summed E-state index contributed by atoms with van der Waals surface area (Å²) in [5.41, 5.74) is -0.144. The number of benzene rings is 1. The molecule has 3 nitrogen and oxygen atoms in total. The summed E-state index contributed by atoms with van der Waals surface area (Å²) in [5.74, 6) is 0.464. The number of halogens is 3. The molecule has 0 saturated heterocycles. The molecular weight excluding hydrogens is 353 g/mol. The van der Waals surface area contributed by atoms with Gasteiger partial charge in [0, 0.05) is 22.5 Å². The Hall–Kier alpha value is -0.000000000000000139. The predicted molar refractivity (Wildman–Crippen MR) is 87.9 cm³/mol. The smallest absolute Gasteiger partial charge is 0.211 e. The summed E-state index contributed by atoms with van der Waals surface area (Å²) in [6.07, 6.45) is 5.29. The van der Waals surface area contributed by atoms with Crippen LogP contribution in [0.5, 0.6) is 0 Å². The maximum absolute atomic E-state index is 12.4. The molecule has 1 aliphatic carbocycles. The highest BCUT2D eigenvalue weighted by Gasteiger charge is 2.32. The lowest BCUT2D eigenvalue weighted by atomic mass is 9.76. The lowest BCUT2D eigenvalue weighted by Gasteiger charge is -2.35. The molecule has 2 rings (SSSR count). The minimum Gasteiger partial charge on any atom is -0.211 e. The van der Waals surface area contributed by atoms with Gasteiger partial charge < -0.3 is 0 Å². The summed E-state index contributed by atoms with van der Waals surface area (Å²) < 4.78 is 27.4. The highest BCUT2D eigenvalue weighted by molar-refractivity contribution is 7.89. The minimum absolute atomic E-state index is 0.0838. The summed E-state index contributed by atoms with van der Waals surface area (Å²) in [5, 5.41) is 0.597. The van der Waals surface area contributed by atoms with Crippen molar-refractivity contribution >= 4 is 44.8 Å². The molecule has 21 heavy (non-hydrogen) atoms. The molecular formula is C14H18Cl3NO2S. The molecule has 0 bridgehead atoms. The zero-order chi connectivity index (χ0) is 15.5. The molecule has 0 atom stereocenters. The Balaban J connectivity index is 2.13. The third-order valence-electron chi connectivity index (χ3n) is 3.98. The first-order valence-electron chi connectivity index (χ1n) is 6.89. The average molecular weight is 371 g/mol. The molecule has 1 saturated carbocycles. The first kappa shape index (κ1) is 17.4. The van der Waals surface area contributed by atoms with Crippen molar-refractivity contribution in [2.24, 2.45) is 5.41 Å². The standard InChI is InChI=1S/C14H18Cl3NO2S/c15-9-14(4-2-1-3-5-14)10-18-21(19,20)13-7-11(16)6-12(17)8-13/h6-8,18H,1-5,9-10H2. The molecule has 118 valence electrons. The van der Waals surface area contributed by atoms with Crippen LogP contribution in [-0.4, -0.2) is 20.8 Å². The van der Waals surface area contributed by atoms with E-state index in [4.69, 9.17) is 34.8 Å². The van der Waals surface area contributed by atoms with Crippen LogP contribution in [0.3, 0.4) is 0 Å². The number of hydrogen-bond donors (Lipinski definition) is 1. The Bertz CT molecular complexity index is 578. The van der Waals surface area contributed by atoms with Crippen molar-refractivity contribution < 1.29 is 8.42 Å². The number of hydrogen-bond acceptors (Lipinski definition) is 2. The molecule has 0 amide bonds. The molecule has 0 heterocycles. The van der Waals surface area contributed by atoms with E-state index in [9.17, 15) is 8.42 Å². The maximum atomic E-state index is 12.4. The van der Waals surface area contributed by atoms with Crippen LogP contribution in [-0.2, 0) is 10.0 Å². The summed E-state index contributed by atoms with van der Waals surface area (Å²) in [4.78, 5) is 0.0838. The second kappa shape index (κ2) is 7.05. The second-order valence-electron chi connectivity index (χ2n) is 5.62. The maximum Gasteiger partial charge on any atom is 0.240 e. The van der Waals surface area contributed by atoms with Gasteiger partial charge in [0.15, 0.2) is 0 Å². The van der Waals surface area contributed by atoms with Gasteiger partial charge in [-0.15, -0.1) is 11.6 Å². The van der Waals surface area contributed by atoms with Crippen LogP contribution in [0.2, 0.25) is 10.0 Å². The number of rotatable bonds is 5. The Kier molecular flexibility index (Phi) is 5.83. The molecule has 0 aromatic heterocycles. The van der Waals surface area contributed by atoms with E-state index < -0.39 is 10.0 Å². The molecule has 7 heteroatoms. The van der Waals surface area contributed by atoms with Gasteiger partial charge in [-0.25, -0.2) is 13.1 Å². The summed E-state index contributed by atoms with van der Waals surface area (Å²) in [7, 11) is -3.63. The van der Waals surface area contributed by atoms with Crippen LogP contribution in [0.15, 0.2) is 23.1 Å². The van der Waals surface area contributed by atoms with Crippen LogP contribution in [0.1, 0.15) is 32.1 Å². The van der Waals surface area contributed by atoms with Crippen molar-refractivity contribution in [1.82, 2.24) is 4.72 Å². The number of sulfonamides is 1. The topological polar surface area (TPSA) is 46.2 Å². The van der Waals surface area contributed by atoms with Gasteiger partial charge in [0.25, 0.3) is 0 Å². The Morgan fingerprint density at radius 2 is 1.62 bits per heavy atom. The summed E-state index contributed by atoms with van der Waals surface area (Å²) in [6, 6.07) is 4.29. The van der Waals surface area contributed by atoms with Crippen LogP contribution in [0, 0.1) is 5.41 Å². The van der Waals surface area contributed by atoms with Gasteiger partial charge in [-0.2, -0.15) is 0 Å². The van der Waals surface area contributed by atoms with Gasteiger partial charge in [0.05, 0.1) is 4.90 Å². The van der Waals surface area contributed by atoms with Crippen LogP contribution in [0.4, 0.5) is 0 Å². The first-order chi connectivity index (χ1) is 9.87. The quantitative estimate of drug-likeness (QED) is 0.778. The van der Waals surface area contributed by atoms with Crippen molar-refractivity contribution in [2.75, 3.05) is 12.4 Å². The fraction of sp³-hybridized carbons (Fsp3) is 0.571. The van der Waals surface area contributed by atoms with Gasteiger partial charge in [0.1, 0.15) is 0 Å². The van der Waals surface area contributed by atoms with Crippen LogP contribution < -0.4 is 4.72 Å². The largest absolute Gasteiger partial charge is 0.240 e. The van der Waals surface area contributed by atoms with Gasteiger partial charge in [0.2, 0.25) is 10.0 Å². The van der Waals surface area contributed by atoms with Crippen molar-refractivity contribution in [3.05, 3.63) is 28.2 Å². The number of alkyl halides is 1. The zero-order valence-corrected chi connectivity index (χ0v) is 14.6. The Labute approximate surface area is 141 Å². The van der Waals surface area contributed by atoms with E-state index in [-0.39, 0.29) is 10.3 Å². The molecule has 0 spiro atoms. The first-order valence-corrected chi connectivity index (χ1v) is 9.66. The minimum atomic E-state index is -3.63. The van der Waals surface area contributed by atoms with Gasteiger partial charge >= 0.3 is 0 Å². The van der Waals surface area contributed by atoms with Crippen LogP contribution in [0.25, 0.3) is 0 Å². The fourth-order valence-electron chi connectivity index (χ4n) is 2.67. The molecule has 1 N–H and O–H groups in total. The van der Waals surface area contributed by atoms with Crippen molar-refractivity contribution in [2.45, 2.75) is 37.0 Å². The van der Waals surface area contributed by atoms with E-state index in [0.717, 1.165) is 25.7 Å². The van der Waals surface area contributed by atoms with Crippen LogP contribution >= 0.6 is 34.8 Å². The third-order valence-corrected chi connectivity index (χ3v) is 6.37. The monoisotopic (exact) mass is 369 g/mol. The molecule has 1 aliphatic rings. The lowest BCUT2D eigenvalue weighted by Crippen LogP contribution is -2.40. The van der Waals surface area contributed by atoms with E-state index in [1.54, 1.807) is 0 Å². The molecule has 1 fully saturated rings. The van der Waals surface area contributed by atoms with Crippen molar-refractivity contribution in [3.8, 4) is 0 Å². The highest BCUT2D eigenvalue weighted by Crippen LogP contribution is 2.37. The fourth-order valence-corrected chi connectivity index (χ4v) is 4.92. The van der Waals surface area contributed by atoms with E-state index >= 15 is 0 Å². The Morgan fingerprint density at radius 1 is 1.05 bits per heavy atom. The summed E-state index contributed by atoms with van der Waals surface area (Å²) >= 11 is 17.8. The van der Waals surface area contributed by atoms with Gasteiger partial charge in [-0.05, 0) is 36.5 Å². The SMILES string of the molecule is O=S(=O)(NCC1(CCl)CCCCC1)c1cc(Cl)cc(Cl)c1. The molecule has 0 radical (unpaired) electrons.